The van der Waals surface area contributed by atoms with E-state index in [1.165, 1.54) is 6.07 Å². The first kappa shape index (κ1) is 17.9. The van der Waals surface area contributed by atoms with Gasteiger partial charge in [-0.2, -0.15) is 0 Å². The van der Waals surface area contributed by atoms with Crippen LogP contribution in [0.15, 0.2) is 17.0 Å². The Bertz CT molecular complexity index is 648. The lowest BCUT2D eigenvalue weighted by molar-refractivity contribution is 0.0464. The fourth-order valence-electron chi connectivity index (χ4n) is 1.60. The predicted molar refractivity (Wildman–Crippen MR) is 81.9 cm³/mol. The van der Waals surface area contributed by atoms with E-state index in [4.69, 9.17) is 21.5 Å². The Morgan fingerprint density at radius 1 is 1.33 bits per heavy atom. The Morgan fingerprint density at radius 2 is 1.90 bits per heavy atom. The first-order valence-corrected chi connectivity index (χ1v) is 8.34. The number of sulfonamides is 1. The molecule has 0 radical (unpaired) electrons. The summed E-state index contributed by atoms with van der Waals surface area (Å²) in [4.78, 5) is 11.7. The summed E-state index contributed by atoms with van der Waals surface area (Å²) in [6, 6.07) is 2.63. The topological polar surface area (TPSA) is 86.5 Å². The molecular weight excluding hydrogens is 314 g/mol. The maximum Gasteiger partial charge on any atom is 0.338 e. The quantitative estimate of drug-likeness (QED) is 0.858. The zero-order valence-electron chi connectivity index (χ0n) is 12.6. The van der Waals surface area contributed by atoms with Crippen molar-refractivity contribution in [1.82, 2.24) is 0 Å². The molecule has 0 heterocycles. The SMILES string of the molecule is Cc1cc(C(=O)OCCC(C)(C)C)cc(S(N)(=O)=O)c1Cl. The van der Waals surface area contributed by atoms with E-state index in [2.05, 4.69) is 0 Å². The molecule has 21 heavy (non-hydrogen) atoms. The van der Waals surface area contributed by atoms with E-state index in [1.54, 1.807) is 6.92 Å². The van der Waals surface area contributed by atoms with E-state index < -0.39 is 16.0 Å². The van der Waals surface area contributed by atoms with Crippen LogP contribution >= 0.6 is 11.6 Å². The van der Waals surface area contributed by atoms with Crippen molar-refractivity contribution in [2.45, 2.75) is 39.0 Å². The fraction of sp³-hybridized carbons (Fsp3) is 0.500. The van der Waals surface area contributed by atoms with Gasteiger partial charge in [-0.1, -0.05) is 32.4 Å². The smallest absolute Gasteiger partial charge is 0.338 e. The number of carbonyl (C=O) groups excluding carboxylic acids is 1. The Morgan fingerprint density at radius 3 is 2.38 bits per heavy atom. The van der Waals surface area contributed by atoms with Crippen LogP contribution in [-0.2, 0) is 14.8 Å². The molecule has 7 heteroatoms. The maximum absolute atomic E-state index is 12.0. The molecule has 1 aromatic rings. The van der Waals surface area contributed by atoms with E-state index >= 15 is 0 Å². The number of hydrogen-bond acceptors (Lipinski definition) is 4. The third-order valence-electron chi connectivity index (χ3n) is 2.85. The van der Waals surface area contributed by atoms with Gasteiger partial charge in [0.25, 0.3) is 0 Å². The van der Waals surface area contributed by atoms with Crippen molar-refractivity contribution < 1.29 is 17.9 Å². The summed E-state index contributed by atoms with van der Waals surface area (Å²) in [5.74, 6) is -0.594. The van der Waals surface area contributed by atoms with Crippen molar-refractivity contribution in [3.05, 3.63) is 28.3 Å². The number of rotatable bonds is 4. The normalized spacial score (nSPS) is 12.3. The standard InChI is InChI=1S/C14H20ClNO4S/c1-9-7-10(8-11(12(9)15)21(16,18)19)13(17)20-6-5-14(2,3)4/h7-8H,5-6H2,1-4H3,(H2,16,18,19). The van der Waals surface area contributed by atoms with E-state index in [0.717, 1.165) is 6.07 Å². The number of ether oxygens (including phenoxy) is 1. The third-order valence-corrected chi connectivity index (χ3v) is 4.40. The molecule has 0 saturated carbocycles. The molecule has 0 aromatic heterocycles. The molecule has 0 unspecified atom stereocenters. The lowest BCUT2D eigenvalue weighted by atomic mass is 9.93. The lowest BCUT2D eigenvalue weighted by Crippen LogP contribution is -2.16. The summed E-state index contributed by atoms with van der Waals surface area (Å²) < 4.78 is 28.1. The summed E-state index contributed by atoms with van der Waals surface area (Å²) in [7, 11) is -4.00. The van der Waals surface area contributed by atoms with Crippen LogP contribution in [0.25, 0.3) is 0 Å². The Kier molecular flexibility index (Phi) is 5.41. The van der Waals surface area contributed by atoms with Gasteiger partial charge in [-0.25, -0.2) is 18.4 Å². The maximum atomic E-state index is 12.0. The van der Waals surface area contributed by atoms with Crippen molar-refractivity contribution in [3.8, 4) is 0 Å². The molecule has 2 N–H and O–H groups in total. The van der Waals surface area contributed by atoms with Crippen LogP contribution in [-0.4, -0.2) is 21.0 Å². The van der Waals surface area contributed by atoms with Crippen LogP contribution < -0.4 is 5.14 Å². The van der Waals surface area contributed by atoms with Crippen molar-refractivity contribution in [2.24, 2.45) is 10.6 Å². The fourth-order valence-corrected chi connectivity index (χ4v) is 2.73. The highest BCUT2D eigenvalue weighted by atomic mass is 35.5. The van der Waals surface area contributed by atoms with Crippen molar-refractivity contribution in [1.29, 1.82) is 0 Å². The number of carbonyl (C=O) groups is 1. The van der Waals surface area contributed by atoms with E-state index in [-0.39, 0.29) is 27.5 Å². The summed E-state index contributed by atoms with van der Waals surface area (Å²) in [5.41, 5.74) is 0.614. The van der Waals surface area contributed by atoms with Crippen LogP contribution in [0.4, 0.5) is 0 Å². The molecule has 0 bridgehead atoms. The molecule has 0 spiro atoms. The number of esters is 1. The highest BCUT2D eigenvalue weighted by molar-refractivity contribution is 7.89. The number of nitrogens with two attached hydrogens (primary N) is 1. The summed E-state index contributed by atoms with van der Waals surface area (Å²) in [6.07, 6.45) is 0.702. The van der Waals surface area contributed by atoms with E-state index in [9.17, 15) is 13.2 Å². The van der Waals surface area contributed by atoms with Crippen LogP contribution in [0.1, 0.15) is 43.1 Å². The summed E-state index contributed by atoms with van der Waals surface area (Å²) >= 11 is 5.91. The number of benzene rings is 1. The molecule has 5 nitrogen and oxygen atoms in total. The second-order valence-corrected chi connectivity index (χ2v) is 8.00. The second kappa shape index (κ2) is 6.34. The molecule has 118 valence electrons. The van der Waals surface area contributed by atoms with Gasteiger partial charge in [0.2, 0.25) is 10.0 Å². The molecule has 1 aromatic carbocycles. The molecule has 1 rings (SSSR count). The summed E-state index contributed by atoms with van der Waals surface area (Å²) in [5, 5.41) is 5.11. The summed E-state index contributed by atoms with van der Waals surface area (Å²) in [6.45, 7) is 7.96. The lowest BCUT2D eigenvalue weighted by Gasteiger charge is -2.17. The second-order valence-electron chi connectivity index (χ2n) is 6.10. The number of hydrogen-bond donors (Lipinski definition) is 1. The molecule has 0 aliphatic carbocycles. The minimum absolute atomic E-state index is 0.0174. The molecule has 0 fully saturated rings. The van der Waals surface area contributed by atoms with Gasteiger partial charge in [0.15, 0.2) is 0 Å². The van der Waals surface area contributed by atoms with Crippen molar-refractivity contribution in [2.75, 3.05) is 6.61 Å². The van der Waals surface area contributed by atoms with Gasteiger partial charge in [0.05, 0.1) is 17.2 Å². The van der Waals surface area contributed by atoms with Crippen molar-refractivity contribution in [3.63, 3.8) is 0 Å². The average molecular weight is 334 g/mol. The van der Waals surface area contributed by atoms with E-state index in [0.29, 0.717) is 12.0 Å². The van der Waals surface area contributed by atoms with Gasteiger partial charge in [0, 0.05) is 0 Å². The monoisotopic (exact) mass is 333 g/mol. The average Bonchev–Trinajstić information content (AvgIpc) is 2.29. The first-order chi connectivity index (χ1) is 9.42. The van der Waals surface area contributed by atoms with Gasteiger partial charge >= 0.3 is 5.97 Å². The van der Waals surface area contributed by atoms with Gasteiger partial charge in [-0.15, -0.1) is 0 Å². The molecule has 0 saturated heterocycles. The van der Waals surface area contributed by atoms with Crippen LogP contribution in [0.2, 0.25) is 5.02 Å². The predicted octanol–water partition coefficient (Wildman–Crippen LogP) is 2.89. The number of halogens is 1. The zero-order chi connectivity index (χ0) is 16.4. The van der Waals surface area contributed by atoms with Crippen molar-refractivity contribution >= 4 is 27.6 Å². The van der Waals surface area contributed by atoms with Crippen LogP contribution in [0.3, 0.4) is 0 Å². The van der Waals surface area contributed by atoms with Crippen LogP contribution in [0.5, 0.6) is 0 Å². The first-order valence-electron chi connectivity index (χ1n) is 6.42. The van der Waals surface area contributed by atoms with E-state index in [1.807, 2.05) is 20.8 Å². The molecule has 0 aliphatic heterocycles. The Hall–Kier alpha value is -1.11. The van der Waals surface area contributed by atoms with Crippen LogP contribution in [0, 0.1) is 12.3 Å². The molecule has 0 atom stereocenters. The highest BCUT2D eigenvalue weighted by Crippen LogP contribution is 2.26. The third kappa shape index (κ3) is 5.30. The highest BCUT2D eigenvalue weighted by Gasteiger charge is 2.20. The van der Waals surface area contributed by atoms with Gasteiger partial charge in [-0.3, -0.25) is 0 Å². The Labute approximate surface area is 130 Å². The van der Waals surface area contributed by atoms with Gasteiger partial charge in [0.1, 0.15) is 4.90 Å². The largest absolute Gasteiger partial charge is 0.462 e. The molecule has 0 amide bonds. The number of primary sulfonamides is 1. The molecule has 0 aliphatic rings. The van der Waals surface area contributed by atoms with Gasteiger partial charge in [-0.05, 0) is 36.5 Å². The molecular formula is C14H20ClNO4S. The Balaban J connectivity index is 2.99. The zero-order valence-corrected chi connectivity index (χ0v) is 14.1. The van der Waals surface area contributed by atoms with Gasteiger partial charge < -0.3 is 4.74 Å². The minimum atomic E-state index is -4.00. The number of aryl methyl sites for hydroxylation is 1. The minimum Gasteiger partial charge on any atom is -0.462 e.